The number of carbonyl (C=O) groups excluding carboxylic acids is 1. The van der Waals surface area contributed by atoms with Gasteiger partial charge in [0.2, 0.25) is 0 Å². The summed E-state index contributed by atoms with van der Waals surface area (Å²) in [4.78, 5) is 11.5. The first-order chi connectivity index (χ1) is 7.95. The van der Waals surface area contributed by atoms with Crippen molar-refractivity contribution in [2.45, 2.75) is 51.0 Å². The van der Waals surface area contributed by atoms with Crippen LogP contribution in [-0.4, -0.2) is 23.6 Å². The first kappa shape index (κ1) is 14.6. The van der Waals surface area contributed by atoms with E-state index < -0.39 is 0 Å². The molecule has 1 aliphatic rings. The molecule has 0 spiro atoms. The van der Waals surface area contributed by atoms with E-state index in [2.05, 4.69) is 26.8 Å². The fourth-order valence-electron chi connectivity index (χ4n) is 2.36. The lowest BCUT2D eigenvalue weighted by Crippen LogP contribution is -2.28. The number of ether oxygens (including phenoxy) is 1. The zero-order valence-electron chi connectivity index (χ0n) is 11.5. The molecule has 98 valence electrons. The molecule has 0 bridgehead atoms. The molecule has 0 saturated heterocycles. The van der Waals surface area contributed by atoms with Crippen LogP contribution in [0.1, 0.15) is 40.5 Å². The lowest BCUT2D eigenvalue weighted by molar-refractivity contribution is -0.139. The summed E-state index contributed by atoms with van der Waals surface area (Å²) >= 11 is 1.74. The van der Waals surface area contributed by atoms with Crippen molar-refractivity contribution >= 4 is 17.7 Å². The second-order valence-corrected chi connectivity index (χ2v) is 6.75. The van der Waals surface area contributed by atoms with Crippen molar-refractivity contribution in [1.29, 1.82) is 0 Å². The SMILES string of the molecule is COC(=O)C(C)SC1C=C(C)CCC1C(C)C. The predicted molar refractivity (Wildman–Crippen MR) is 74.2 cm³/mol. The number of thioether (sulfide) groups is 1. The minimum atomic E-state index is -0.117. The summed E-state index contributed by atoms with van der Waals surface area (Å²) in [5, 5.41) is 0.381. The topological polar surface area (TPSA) is 26.3 Å². The van der Waals surface area contributed by atoms with Gasteiger partial charge in [0.15, 0.2) is 0 Å². The summed E-state index contributed by atoms with van der Waals surface area (Å²) in [5.41, 5.74) is 1.46. The Morgan fingerprint density at radius 2 is 2.12 bits per heavy atom. The predicted octanol–water partition coefficient (Wildman–Crippen LogP) is 3.66. The number of esters is 1. The molecular weight excluding hydrogens is 232 g/mol. The van der Waals surface area contributed by atoms with Gasteiger partial charge in [0.25, 0.3) is 0 Å². The Balaban J connectivity index is 2.70. The van der Waals surface area contributed by atoms with Gasteiger partial charge in [0.1, 0.15) is 5.25 Å². The van der Waals surface area contributed by atoms with E-state index in [1.54, 1.807) is 11.8 Å². The Kier molecular flexibility index (Phi) is 5.57. The fourth-order valence-corrected chi connectivity index (χ4v) is 4.00. The maximum absolute atomic E-state index is 11.5. The van der Waals surface area contributed by atoms with Gasteiger partial charge in [-0.3, -0.25) is 4.79 Å². The van der Waals surface area contributed by atoms with Crippen LogP contribution >= 0.6 is 11.8 Å². The molecule has 3 atom stereocenters. The van der Waals surface area contributed by atoms with Gasteiger partial charge in [-0.2, -0.15) is 0 Å². The molecule has 17 heavy (non-hydrogen) atoms. The highest BCUT2D eigenvalue weighted by Gasteiger charge is 2.29. The van der Waals surface area contributed by atoms with Crippen molar-refractivity contribution < 1.29 is 9.53 Å². The van der Waals surface area contributed by atoms with Crippen LogP contribution in [0.25, 0.3) is 0 Å². The van der Waals surface area contributed by atoms with Crippen LogP contribution in [0.5, 0.6) is 0 Å². The van der Waals surface area contributed by atoms with Crippen LogP contribution in [0.4, 0.5) is 0 Å². The molecule has 2 nitrogen and oxygen atoms in total. The number of hydrogen-bond acceptors (Lipinski definition) is 3. The highest BCUT2D eigenvalue weighted by atomic mass is 32.2. The van der Waals surface area contributed by atoms with Crippen molar-refractivity contribution in [3.05, 3.63) is 11.6 Å². The minimum Gasteiger partial charge on any atom is -0.468 e. The maximum Gasteiger partial charge on any atom is 0.318 e. The first-order valence-electron chi connectivity index (χ1n) is 6.36. The van der Waals surface area contributed by atoms with Crippen molar-refractivity contribution in [2.75, 3.05) is 7.11 Å². The normalized spacial score (nSPS) is 26.6. The Morgan fingerprint density at radius 3 is 2.65 bits per heavy atom. The molecule has 3 heteroatoms. The lowest BCUT2D eigenvalue weighted by atomic mass is 9.82. The Morgan fingerprint density at radius 1 is 1.47 bits per heavy atom. The summed E-state index contributed by atoms with van der Waals surface area (Å²) < 4.78 is 4.80. The lowest BCUT2D eigenvalue weighted by Gasteiger charge is -2.33. The number of carbonyl (C=O) groups is 1. The van der Waals surface area contributed by atoms with E-state index in [0.29, 0.717) is 17.1 Å². The second kappa shape index (κ2) is 6.48. The van der Waals surface area contributed by atoms with Crippen LogP contribution in [-0.2, 0) is 9.53 Å². The molecule has 0 N–H and O–H groups in total. The largest absolute Gasteiger partial charge is 0.468 e. The molecule has 0 saturated carbocycles. The molecule has 3 unspecified atom stereocenters. The average Bonchev–Trinajstić information content (AvgIpc) is 2.27. The Hall–Kier alpha value is -0.440. The summed E-state index contributed by atoms with van der Waals surface area (Å²) in [6.07, 6.45) is 4.79. The molecule has 0 radical (unpaired) electrons. The van der Waals surface area contributed by atoms with Gasteiger partial charge in [-0.25, -0.2) is 0 Å². The Labute approximate surface area is 109 Å². The molecule has 1 aliphatic carbocycles. The van der Waals surface area contributed by atoms with Crippen molar-refractivity contribution in [3.8, 4) is 0 Å². The first-order valence-corrected chi connectivity index (χ1v) is 7.30. The van der Waals surface area contributed by atoms with Gasteiger partial charge in [-0.15, -0.1) is 11.8 Å². The van der Waals surface area contributed by atoms with Crippen LogP contribution in [0.3, 0.4) is 0 Å². The van der Waals surface area contributed by atoms with E-state index in [9.17, 15) is 4.79 Å². The average molecular weight is 256 g/mol. The maximum atomic E-state index is 11.5. The van der Waals surface area contributed by atoms with Gasteiger partial charge < -0.3 is 4.74 Å². The third-order valence-corrected chi connectivity index (χ3v) is 4.89. The molecular formula is C14H24O2S. The van der Waals surface area contributed by atoms with Crippen molar-refractivity contribution in [1.82, 2.24) is 0 Å². The molecule has 0 aliphatic heterocycles. The molecule has 0 aromatic heterocycles. The molecule has 0 heterocycles. The third-order valence-electron chi connectivity index (χ3n) is 3.49. The smallest absolute Gasteiger partial charge is 0.318 e. The van der Waals surface area contributed by atoms with Crippen molar-refractivity contribution in [3.63, 3.8) is 0 Å². The van der Waals surface area contributed by atoms with E-state index in [0.717, 1.165) is 0 Å². The minimum absolute atomic E-state index is 0.0756. The highest BCUT2D eigenvalue weighted by Crippen LogP contribution is 2.38. The molecule has 0 aromatic rings. The standard InChI is InChI=1S/C14H24O2S/c1-9(2)12-7-6-10(3)8-13(12)17-11(4)14(15)16-5/h8-9,11-13H,6-7H2,1-5H3. The van der Waals surface area contributed by atoms with E-state index in [1.165, 1.54) is 25.5 Å². The van der Waals surface area contributed by atoms with Crippen LogP contribution in [0.2, 0.25) is 0 Å². The van der Waals surface area contributed by atoms with E-state index in [-0.39, 0.29) is 11.2 Å². The zero-order chi connectivity index (χ0) is 13.0. The van der Waals surface area contributed by atoms with Crippen molar-refractivity contribution in [2.24, 2.45) is 11.8 Å². The van der Waals surface area contributed by atoms with E-state index >= 15 is 0 Å². The zero-order valence-corrected chi connectivity index (χ0v) is 12.3. The number of methoxy groups -OCH3 is 1. The molecule has 0 aromatic carbocycles. The number of hydrogen-bond donors (Lipinski definition) is 0. The summed E-state index contributed by atoms with van der Waals surface area (Å²) in [7, 11) is 1.46. The van der Waals surface area contributed by atoms with Gasteiger partial charge in [-0.1, -0.05) is 25.5 Å². The van der Waals surface area contributed by atoms with Gasteiger partial charge in [0, 0.05) is 5.25 Å². The third kappa shape index (κ3) is 4.06. The van der Waals surface area contributed by atoms with Crippen LogP contribution in [0.15, 0.2) is 11.6 Å². The van der Waals surface area contributed by atoms with Crippen LogP contribution in [0, 0.1) is 11.8 Å². The highest BCUT2D eigenvalue weighted by molar-refractivity contribution is 8.01. The molecule has 0 amide bonds. The van der Waals surface area contributed by atoms with Crippen LogP contribution < -0.4 is 0 Å². The number of allylic oxidation sites excluding steroid dienone is 1. The molecule has 0 fully saturated rings. The fraction of sp³-hybridized carbons (Fsp3) is 0.786. The van der Waals surface area contributed by atoms with Gasteiger partial charge >= 0.3 is 5.97 Å². The summed E-state index contributed by atoms with van der Waals surface area (Å²) in [6, 6.07) is 0. The van der Waals surface area contributed by atoms with E-state index in [4.69, 9.17) is 4.74 Å². The van der Waals surface area contributed by atoms with E-state index in [1.807, 2.05) is 6.92 Å². The molecule has 1 rings (SSSR count). The van der Waals surface area contributed by atoms with Gasteiger partial charge in [0.05, 0.1) is 7.11 Å². The second-order valence-electron chi connectivity index (χ2n) is 5.23. The number of rotatable bonds is 4. The Bertz CT molecular complexity index is 297. The summed E-state index contributed by atoms with van der Waals surface area (Å²) in [6.45, 7) is 8.67. The summed E-state index contributed by atoms with van der Waals surface area (Å²) in [5.74, 6) is 1.23. The quantitative estimate of drug-likeness (QED) is 0.567. The van der Waals surface area contributed by atoms with Gasteiger partial charge in [-0.05, 0) is 38.5 Å². The monoisotopic (exact) mass is 256 g/mol.